The molecule has 0 aromatic rings. The zero-order chi connectivity index (χ0) is 14.3. The third kappa shape index (κ3) is 5.81. The first-order chi connectivity index (χ1) is 9.02. The molecule has 1 fully saturated rings. The van der Waals surface area contributed by atoms with Crippen molar-refractivity contribution in [3.63, 3.8) is 0 Å². The van der Waals surface area contributed by atoms with Crippen LogP contribution in [0.15, 0.2) is 0 Å². The zero-order valence-corrected chi connectivity index (χ0v) is 13.1. The van der Waals surface area contributed by atoms with Gasteiger partial charge in [0.15, 0.2) is 0 Å². The Morgan fingerprint density at radius 3 is 2.05 bits per heavy atom. The van der Waals surface area contributed by atoms with Crippen LogP contribution in [0.1, 0.15) is 53.4 Å². The molecule has 0 spiro atoms. The lowest BCUT2D eigenvalue weighted by Gasteiger charge is -2.31. The average molecular weight is 269 g/mol. The van der Waals surface area contributed by atoms with Gasteiger partial charge in [-0.25, -0.2) is 4.79 Å². The number of amides is 2. The maximum Gasteiger partial charge on any atom is 0.317 e. The minimum atomic E-state index is 0.120. The molecule has 1 aliphatic heterocycles. The molecule has 1 rings (SSSR count). The van der Waals surface area contributed by atoms with Gasteiger partial charge in [-0.3, -0.25) is 4.90 Å². The van der Waals surface area contributed by atoms with Crippen molar-refractivity contribution in [3.8, 4) is 0 Å². The quantitative estimate of drug-likeness (QED) is 0.833. The number of carbonyl (C=O) groups is 1. The van der Waals surface area contributed by atoms with E-state index in [4.69, 9.17) is 0 Å². The lowest BCUT2D eigenvalue weighted by molar-refractivity contribution is 0.169. The van der Waals surface area contributed by atoms with Crippen LogP contribution in [-0.2, 0) is 0 Å². The number of nitrogens with one attached hydrogen (secondary N) is 1. The van der Waals surface area contributed by atoms with Crippen LogP contribution in [0.4, 0.5) is 4.79 Å². The molecule has 1 heterocycles. The molecule has 0 aliphatic carbocycles. The number of hydrogen-bond acceptors (Lipinski definition) is 2. The molecule has 1 N–H and O–H groups in total. The van der Waals surface area contributed by atoms with E-state index < -0.39 is 0 Å². The Kier molecular flexibility index (Phi) is 7.21. The highest BCUT2D eigenvalue weighted by atomic mass is 16.2. The number of hydrogen-bond donors (Lipinski definition) is 1. The van der Waals surface area contributed by atoms with Gasteiger partial charge in [0.25, 0.3) is 0 Å². The van der Waals surface area contributed by atoms with Crippen molar-refractivity contribution in [1.29, 1.82) is 0 Å². The summed E-state index contributed by atoms with van der Waals surface area (Å²) in [6, 6.07) is 1.17. The second kappa shape index (κ2) is 8.41. The van der Waals surface area contributed by atoms with Gasteiger partial charge in [0, 0.05) is 38.3 Å². The smallest absolute Gasteiger partial charge is 0.317 e. The SMILES string of the molecule is CC(C)N(CCNC(=O)N1CCCCCC1)C(C)C. The molecule has 1 saturated heterocycles. The summed E-state index contributed by atoms with van der Waals surface area (Å²) in [4.78, 5) is 16.4. The fourth-order valence-corrected chi connectivity index (χ4v) is 2.79. The molecule has 0 aromatic carbocycles. The highest BCUT2D eigenvalue weighted by molar-refractivity contribution is 5.74. The van der Waals surface area contributed by atoms with Gasteiger partial charge < -0.3 is 10.2 Å². The minimum Gasteiger partial charge on any atom is -0.337 e. The Labute approximate surface area is 118 Å². The number of carbonyl (C=O) groups excluding carboxylic acids is 1. The fraction of sp³-hybridized carbons (Fsp3) is 0.933. The summed E-state index contributed by atoms with van der Waals surface area (Å²) in [5.41, 5.74) is 0. The van der Waals surface area contributed by atoms with Gasteiger partial charge in [-0.15, -0.1) is 0 Å². The highest BCUT2D eigenvalue weighted by Gasteiger charge is 2.16. The van der Waals surface area contributed by atoms with E-state index in [1.807, 2.05) is 4.90 Å². The Balaban J connectivity index is 2.29. The molecule has 112 valence electrons. The first-order valence-corrected chi connectivity index (χ1v) is 7.81. The van der Waals surface area contributed by atoms with Crippen molar-refractivity contribution in [3.05, 3.63) is 0 Å². The van der Waals surface area contributed by atoms with E-state index in [9.17, 15) is 4.79 Å². The molecular formula is C15H31N3O. The van der Waals surface area contributed by atoms with E-state index in [-0.39, 0.29) is 6.03 Å². The molecule has 0 saturated carbocycles. The molecule has 0 atom stereocenters. The lowest BCUT2D eigenvalue weighted by Crippen LogP contribution is -2.46. The molecule has 19 heavy (non-hydrogen) atoms. The van der Waals surface area contributed by atoms with Crippen molar-refractivity contribution < 1.29 is 4.79 Å². The number of rotatable bonds is 5. The maximum absolute atomic E-state index is 12.1. The Bertz CT molecular complexity index is 250. The summed E-state index contributed by atoms with van der Waals surface area (Å²) in [6.07, 6.45) is 4.82. The Morgan fingerprint density at radius 2 is 1.58 bits per heavy atom. The predicted octanol–water partition coefficient (Wildman–Crippen LogP) is 2.69. The molecule has 0 bridgehead atoms. The second-order valence-electron chi connectivity index (χ2n) is 6.06. The predicted molar refractivity (Wildman–Crippen MR) is 80.4 cm³/mol. The van der Waals surface area contributed by atoms with Crippen LogP contribution in [-0.4, -0.2) is 54.1 Å². The second-order valence-corrected chi connectivity index (χ2v) is 6.06. The van der Waals surface area contributed by atoms with E-state index in [1.54, 1.807) is 0 Å². The summed E-state index contributed by atoms with van der Waals surface area (Å²) in [7, 11) is 0. The normalized spacial score (nSPS) is 17.1. The molecule has 0 aromatic heterocycles. The van der Waals surface area contributed by atoms with Crippen LogP contribution in [0.3, 0.4) is 0 Å². The molecular weight excluding hydrogens is 238 g/mol. The number of nitrogens with zero attached hydrogens (tertiary/aromatic N) is 2. The van der Waals surface area contributed by atoms with E-state index in [0.29, 0.717) is 12.1 Å². The van der Waals surface area contributed by atoms with E-state index in [0.717, 1.165) is 39.0 Å². The molecule has 4 nitrogen and oxygen atoms in total. The van der Waals surface area contributed by atoms with E-state index in [1.165, 1.54) is 12.8 Å². The minimum absolute atomic E-state index is 0.120. The summed E-state index contributed by atoms with van der Waals surface area (Å²) in [6.45, 7) is 12.3. The van der Waals surface area contributed by atoms with Crippen LogP contribution in [0.5, 0.6) is 0 Å². The monoisotopic (exact) mass is 269 g/mol. The van der Waals surface area contributed by atoms with Crippen molar-refractivity contribution in [2.75, 3.05) is 26.2 Å². The third-order valence-corrected chi connectivity index (χ3v) is 3.87. The third-order valence-electron chi connectivity index (χ3n) is 3.87. The van der Waals surface area contributed by atoms with Gasteiger partial charge in [0.05, 0.1) is 0 Å². The van der Waals surface area contributed by atoms with Gasteiger partial charge in [-0.1, -0.05) is 12.8 Å². The molecule has 1 aliphatic rings. The van der Waals surface area contributed by atoms with Crippen LogP contribution >= 0.6 is 0 Å². The summed E-state index contributed by atoms with van der Waals surface area (Å²) in [5, 5.41) is 3.07. The number of likely N-dealkylation sites (tertiary alicyclic amines) is 1. The molecule has 4 heteroatoms. The highest BCUT2D eigenvalue weighted by Crippen LogP contribution is 2.09. The Morgan fingerprint density at radius 1 is 1.05 bits per heavy atom. The summed E-state index contributed by atoms with van der Waals surface area (Å²) in [5.74, 6) is 0. The lowest BCUT2D eigenvalue weighted by atomic mass is 10.2. The first-order valence-electron chi connectivity index (χ1n) is 7.81. The van der Waals surface area contributed by atoms with Gasteiger partial charge in [0.1, 0.15) is 0 Å². The van der Waals surface area contributed by atoms with E-state index >= 15 is 0 Å². The van der Waals surface area contributed by atoms with Crippen LogP contribution in [0, 0.1) is 0 Å². The van der Waals surface area contributed by atoms with Gasteiger partial charge in [-0.05, 0) is 40.5 Å². The van der Waals surface area contributed by atoms with Gasteiger partial charge in [0.2, 0.25) is 0 Å². The van der Waals surface area contributed by atoms with Crippen molar-refractivity contribution in [2.45, 2.75) is 65.5 Å². The standard InChI is InChI=1S/C15H31N3O/c1-13(2)18(14(3)4)12-9-16-15(19)17-10-7-5-6-8-11-17/h13-14H,5-12H2,1-4H3,(H,16,19). The van der Waals surface area contributed by atoms with Gasteiger partial charge >= 0.3 is 6.03 Å². The zero-order valence-electron chi connectivity index (χ0n) is 13.1. The number of urea groups is 1. The average Bonchev–Trinajstić information content (AvgIpc) is 2.62. The summed E-state index contributed by atoms with van der Waals surface area (Å²) < 4.78 is 0. The van der Waals surface area contributed by atoms with Crippen LogP contribution in [0.2, 0.25) is 0 Å². The van der Waals surface area contributed by atoms with Crippen LogP contribution in [0.25, 0.3) is 0 Å². The van der Waals surface area contributed by atoms with Crippen molar-refractivity contribution >= 4 is 6.03 Å². The van der Waals surface area contributed by atoms with Crippen LogP contribution < -0.4 is 5.32 Å². The van der Waals surface area contributed by atoms with Crippen molar-refractivity contribution in [2.24, 2.45) is 0 Å². The largest absolute Gasteiger partial charge is 0.337 e. The summed E-state index contributed by atoms with van der Waals surface area (Å²) >= 11 is 0. The maximum atomic E-state index is 12.1. The fourth-order valence-electron chi connectivity index (χ4n) is 2.79. The van der Waals surface area contributed by atoms with E-state index in [2.05, 4.69) is 37.9 Å². The van der Waals surface area contributed by atoms with Gasteiger partial charge in [-0.2, -0.15) is 0 Å². The molecule has 0 unspecified atom stereocenters. The Hall–Kier alpha value is -0.770. The molecule has 0 radical (unpaired) electrons. The molecule has 2 amide bonds. The topological polar surface area (TPSA) is 35.6 Å². The van der Waals surface area contributed by atoms with Crippen molar-refractivity contribution in [1.82, 2.24) is 15.1 Å². The first kappa shape index (κ1) is 16.3.